The van der Waals surface area contributed by atoms with E-state index in [9.17, 15) is 0 Å². The Kier molecular flexibility index (Phi) is 7.64. The maximum absolute atomic E-state index is 6.67. The SMILES string of the molecule is CC1(C)c2ccccc2-c2c(-c3nc(-c4ccccc4)nc(-n4c5ccccc5c5ccc6c7ccccc7n(-c7ccc8c(c7)oc7ccc(-c9ccccc9)cc78)c6c54)n3)cccc21. The third kappa shape index (κ3) is 5.21. The molecule has 0 spiro atoms. The van der Waals surface area contributed by atoms with E-state index >= 15 is 0 Å². The van der Waals surface area contributed by atoms with E-state index in [1.54, 1.807) is 0 Å². The molecule has 4 aromatic heterocycles. The van der Waals surface area contributed by atoms with Gasteiger partial charge in [-0.2, -0.15) is 9.97 Å². The monoisotopic (exact) mass is 845 g/mol. The molecule has 9 aromatic carbocycles. The van der Waals surface area contributed by atoms with Crippen molar-refractivity contribution >= 4 is 65.6 Å². The van der Waals surface area contributed by atoms with E-state index in [-0.39, 0.29) is 5.41 Å². The molecule has 0 unspecified atom stereocenters. The Hall–Kier alpha value is -8.61. The molecule has 6 heteroatoms. The highest BCUT2D eigenvalue weighted by molar-refractivity contribution is 6.24. The first-order chi connectivity index (χ1) is 32.5. The minimum atomic E-state index is -0.178. The highest BCUT2D eigenvalue weighted by Gasteiger charge is 2.37. The zero-order valence-corrected chi connectivity index (χ0v) is 36.2. The lowest BCUT2D eigenvalue weighted by atomic mass is 9.82. The average molecular weight is 846 g/mol. The number of fused-ring (bicyclic) bond motifs is 13. The molecule has 0 bridgehead atoms. The summed E-state index contributed by atoms with van der Waals surface area (Å²) in [7, 11) is 0. The summed E-state index contributed by atoms with van der Waals surface area (Å²) in [5.41, 5.74) is 15.9. The van der Waals surface area contributed by atoms with E-state index in [0.717, 1.165) is 87.9 Å². The summed E-state index contributed by atoms with van der Waals surface area (Å²) in [6, 6.07) is 71.1. The molecule has 0 saturated carbocycles. The highest BCUT2D eigenvalue weighted by Crippen LogP contribution is 2.52. The fourth-order valence-corrected chi connectivity index (χ4v) is 10.9. The second-order valence-corrected chi connectivity index (χ2v) is 18.0. The van der Waals surface area contributed by atoms with Crippen LogP contribution >= 0.6 is 0 Å². The van der Waals surface area contributed by atoms with Crippen LogP contribution in [-0.4, -0.2) is 24.1 Å². The van der Waals surface area contributed by atoms with Crippen LogP contribution in [0.1, 0.15) is 25.0 Å². The molecule has 14 rings (SSSR count). The molecule has 1 aliphatic carbocycles. The molecule has 0 aliphatic heterocycles. The maximum atomic E-state index is 6.67. The van der Waals surface area contributed by atoms with Crippen LogP contribution < -0.4 is 0 Å². The average Bonchev–Trinajstić information content (AvgIpc) is 4.09. The number of furan rings is 1. The van der Waals surface area contributed by atoms with Crippen molar-refractivity contribution in [2.45, 2.75) is 19.3 Å². The van der Waals surface area contributed by atoms with Gasteiger partial charge in [0.15, 0.2) is 11.6 Å². The topological polar surface area (TPSA) is 61.7 Å². The van der Waals surface area contributed by atoms with E-state index < -0.39 is 0 Å². The van der Waals surface area contributed by atoms with Gasteiger partial charge >= 0.3 is 0 Å². The highest BCUT2D eigenvalue weighted by atomic mass is 16.3. The van der Waals surface area contributed by atoms with Crippen LogP contribution in [0.4, 0.5) is 0 Å². The first kappa shape index (κ1) is 36.8. The van der Waals surface area contributed by atoms with E-state index in [2.05, 4.69) is 205 Å². The number of nitrogens with zero attached hydrogens (tertiary/aromatic N) is 5. The van der Waals surface area contributed by atoms with Gasteiger partial charge in [0.25, 0.3) is 0 Å². The Morgan fingerprint density at radius 3 is 1.77 bits per heavy atom. The summed E-state index contributed by atoms with van der Waals surface area (Å²) < 4.78 is 11.3. The molecule has 66 heavy (non-hydrogen) atoms. The molecular weight excluding hydrogens is 807 g/mol. The molecule has 0 saturated heterocycles. The summed E-state index contributed by atoms with van der Waals surface area (Å²) >= 11 is 0. The molecule has 0 atom stereocenters. The Bertz CT molecular complexity index is 4140. The minimum Gasteiger partial charge on any atom is -0.456 e. The molecular formula is C60H39N5O. The first-order valence-electron chi connectivity index (χ1n) is 22.5. The van der Waals surface area contributed by atoms with Crippen LogP contribution in [-0.2, 0) is 5.41 Å². The Morgan fingerprint density at radius 2 is 1.00 bits per heavy atom. The van der Waals surface area contributed by atoms with Gasteiger partial charge in [-0.3, -0.25) is 4.57 Å². The van der Waals surface area contributed by atoms with E-state index in [4.69, 9.17) is 19.4 Å². The lowest BCUT2D eigenvalue weighted by molar-refractivity contribution is 0.660. The van der Waals surface area contributed by atoms with Crippen LogP contribution in [0, 0.1) is 0 Å². The van der Waals surface area contributed by atoms with Gasteiger partial charge in [0.1, 0.15) is 11.2 Å². The van der Waals surface area contributed by atoms with Crippen LogP contribution in [0.2, 0.25) is 0 Å². The molecule has 4 heterocycles. The molecule has 1 aliphatic rings. The van der Waals surface area contributed by atoms with Crippen molar-refractivity contribution in [1.29, 1.82) is 0 Å². The predicted octanol–water partition coefficient (Wildman–Crippen LogP) is 15.3. The first-order valence-corrected chi connectivity index (χ1v) is 22.5. The summed E-state index contributed by atoms with van der Waals surface area (Å²) in [5, 5.41) is 6.70. The standard InChI is InChI=1S/C60H39N5O/c1-60(2)48-24-12-9-22-45(48)54-46(23-15-25-49(54)60)58-61-57(37-18-7-4-8-19-37)62-59(63-58)65-51-27-14-11-21-41(51)44-32-31-43-40-20-10-13-26-50(40)64(55(43)56(44)65)39-29-30-42-47-34-38(36-16-5-3-6-17-36)28-33-52(47)66-53(42)35-39/h3-35H,1-2H3. The smallest absolute Gasteiger partial charge is 0.238 e. The van der Waals surface area contributed by atoms with Crippen molar-refractivity contribution in [2.24, 2.45) is 0 Å². The minimum absolute atomic E-state index is 0.178. The van der Waals surface area contributed by atoms with Gasteiger partial charge in [-0.1, -0.05) is 172 Å². The molecule has 310 valence electrons. The fraction of sp³-hybridized carbons (Fsp3) is 0.0500. The van der Waals surface area contributed by atoms with Gasteiger partial charge in [-0.15, -0.1) is 0 Å². The predicted molar refractivity (Wildman–Crippen MR) is 270 cm³/mol. The molecule has 0 amide bonds. The zero-order valence-electron chi connectivity index (χ0n) is 36.2. The van der Waals surface area contributed by atoms with Gasteiger partial charge in [0.05, 0.1) is 27.8 Å². The van der Waals surface area contributed by atoms with Crippen molar-refractivity contribution in [1.82, 2.24) is 24.1 Å². The Labute approximate surface area is 379 Å². The number of hydrogen-bond acceptors (Lipinski definition) is 4. The number of rotatable bonds is 5. The van der Waals surface area contributed by atoms with Gasteiger partial charge in [-0.05, 0) is 69.8 Å². The summed E-state index contributed by atoms with van der Waals surface area (Å²) in [5.74, 6) is 1.80. The van der Waals surface area contributed by atoms with E-state index in [1.165, 1.54) is 27.8 Å². The molecule has 0 fully saturated rings. The van der Waals surface area contributed by atoms with Crippen LogP contribution in [0.15, 0.2) is 205 Å². The normalized spacial score (nSPS) is 13.1. The van der Waals surface area contributed by atoms with Crippen LogP contribution in [0.5, 0.6) is 0 Å². The Balaban J connectivity index is 1.06. The second-order valence-electron chi connectivity index (χ2n) is 18.0. The number of benzene rings is 9. The van der Waals surface area contributed by atoms with Gasteiger partial charge < -0.3 is 8.98 Å². The summed E-state index contributed by atoms with van der Waals surface area (Å²) in [4.78, 5) is 16.3. The third-order valence-corrected chi connectivity index (χ3v) is 14.0. The fourth-order valence-electron chi connectivity index (χ4n) is 10.9. The number of para-hydroxylation sites is 2. The van der Waals surface area contributed by atoms with Crippen molar-refractivity contribution in [3.63, 3.8) is 0 Å². The summed E-state index contributed by atoms with van der Waals surface area (Å²) in [6.45, 7) is 4.62. The molecule has 0 N–H and O–H groups in total. The number of hydrogen-bond donors (Lipinski definition) is 0. The second kappa shape index (κ2) is 13.7. The molecule has 13 aromatic rings. The van der Waals surface area contributed by atoms with Crippen LogP contribution in [0.25, 0.3) is 122 Å². The zero-order chi connectivity index (χ0) is 43.7. The summed E-state index contributed by atoms with van der Waals surface area (Å²) in [6.07, 6.45) is 0. The van der Waals surface area contributed by atoms with Crippen molar-refractivity contribution in [2.75, 3.05) is 0 Å². The van der Waals surface area contributed by atoms with E-state index in [1.807, 2.05) is 18.2 Å². The van der Waals surface area contributed by atoms with Crippen LogP contribution in [0.3, 0.4) is 0 Å². The molecule has 6 nitrogen and oxygen atoms in total. The van der Waals surface area contributed by atoms with Gasteiger partial charge in [0, 0.05) is 54.9 Å². The quantitative estimate of drug-likeness (QED) is 0.173. The van der Waals surface area contributed by atoms with Crippen molar-refractivity contribution in [3.8, 4) is 56.7 Å². The Morgan fingerprint density at radius 1 is 0.394 bits per heavy atom. The van der Waals surface area contributed by atoms with E-state index in [0.29, 0.717) is 17.6 Å². The van der Waals surface area contributed by atoms with Gasteiger partial charge in [0.2, 0.25) is 5.95 Å². The van der Waals surface area contributed by atoms with Crippen molar-refractivity contribution < 1.29 is 4.42 Å². The largest absolute Gasteiger partial charge is 0.456 e. The number of aromatic nitrogens is 5. The maximum Gasteiger partial charge on any atom is 0.238 e. The lowest BCUT2D eigenvalue weighted by Crippen LogP contribution is -2.14. The molecule has 0 radical (unpaired) electrons. The van der Waals surface area contributed by atoms with Gasteiger partial charge in [-0.25, -0.2) is 4.98 Å². The third-order valence-electron chi connectivity index (χ3n) is 14.0. The van der Waals surface area contributed by atoms with Crippen molar-refractivity contribution in [3.05, 3.63) is 211 Å². The lowest BCUT2D eigenvalue weighted by Gasteiger charge is -2.21.